The van der Waals surface area contributed by atoms with Gasteiger partial charge in [-0.05, 0) is 12.1 Å². The molecule has 0 aliphatic heterocycles. The number of aromatic nitrogens is 3. The molecule has 88 valence electrons. The van der Waals surface area contributed by atoms with Gasteiger partial charge in [0.25, 0.3) is 0 Å². The average molecular weight is 236 g/mol. The molecule has 1 aromatic carbocycles. The van der Waals surface area contributed by atoms with Gasteiger partial charge in [0.2, 0.25) is 0 Å². The van der Waals surface area contributed by atoms with Crippen LogP contribution in [-0.2, 0) is 6.42 Å². The van der Waals surface area contributed by atoms with Crippen molar-refractivity contribution in [2.24, 2.45) is 0 Å². The zero-order chi connectivity index (χ0) is 12.4. The number of fused-ring (bicyclic) bond motifs is 1. The van der Waals surface area contributed by atoms with E-state index in [4.69, 9.17) is 5.73 Å². The van der Waals surface area contributed by atoms with Crippen LogP contribution < -0.4 is 5.73 Å². The first kappa shape index (κ1) is 10.7. The molecule has 0 saturated carbocycles. The Hall–Kier alpha value is -2.49. The maximum Gasteiger partial charge on any atom is 0.127 e. The van der Waals surface area contributed by atoms with Gasteiger partial charge in [0.15, 0.2) is 0 Å². The highest BCUT2D eigenvalue weighted by Gasteiger charge is 2.01. The Labute approximate surface area is 105 Å². The van der Waals surface area contributed by atoms with Crippen molar-refractivity contribution < 1.29 is 0 Å². The largest absolute Gasteiger partial charge is 0.384 e. The maximum atomic E-state index is 5.63. The van der Waals surface area contributed by atoms with E-state index in [1.807, 2.05) is 24.3 Å². The fourth-order valence-corrected chi connectivity index (χ4v) is 1.90. The van der Waals surface area contributed by atoms with Crippen molar-refractivity contribution in [1.82, 2.24) is 15.0 Å². The summed E-state index contributed by atoms with van der Waals surface area (Å²) in [6, 6.07) is 13.9. The minimum atomic E-state index is 0.487. The lowest BCUT2D eigenvalue weighted by molar-refractivity contribution is 0.999. The Morgan fingerprint density at radius 2 is 1.83 bits per heavy atom. The van der Waals surface area contributed by atoms with Gasteiger partial charge in [-0.2, -0.15) is 0 Å². The van der Waals surface area contributed by atoms with Crippen molar-refractivity contribution in [2.75, 3.05) is 5.73 Å². The van der Waals surface area contributed by atoms with Crippen molar-refractivity contribution >= 4 is 16.7 Å². The second kappa shape index (κ2) is 4.41. The molecular formula is C14H12N4. The Morgan fingerprint density at radius 3 is 2.72 bits per heavy atom. The van der Waals surface area contributed by atoms with Gasteiger partial charge in [0.1, 0.15) is 12.1 Å². The Kier molecular flexibility index (Phi) is 2.61. The van der Waals surface area contributed by atoms with Crippen molar-refractivity contribution in [3.8, 4) is 0 Å². The molecule has 4 heteroatoms. The van der Waals surface area contributed by atoms with Gasteiger partial charge in [0.05, 0.1) is 11.2 Å². The number of benzene rings is 1. The topological polar surface area (TPSA) is 64.7 Å². The van der Waals surface area contributed by atoms with E-state index in [0.29, 0.717) is 12.2 Å². The summed E-state index contributed by atoms with van der Waals surface area (Å²) >= 11 is 0. The summed E-state index contributed by atoms with van der Waals surface area (Å²) in [4.78, 5) is 12.7. The number of pyridine rings is 1. The molecule has 0 atom stereocenters. The van der Waals surface area contributed by atoms with Gasteiger partial charge < -0.3 is 5.73 Å². The summed E-state index contributed by atoms with van der Waals surface area (Å²) in [7, 11) is 0. The quantitative estimate of drug-likeness (QED) is 0.740. The Morgan fingerprint density at radius 1 is 0.944 bits per heavy atom. The molecule has 3 aromatic rings. The van der Waals surface area contributed by atoms with Crippen LogP contribution in [0.1, 0.15) is 11.4 Å². The molecule has 0 bridgehead atoms. The van der Waals surface area contributed by atoms with E-state index in [9.17, 15) is 0 Å². The highest BCUT2D eigenvalue weighted by molar-refractivity contribution is 5.78. The second-order valence-corrected chi connectivity index (χ2v) is 4.11. The summed E-state index contributed by atoms with van der Waals surface area (Å²) in [5, 5.41) is 1.14. The average Bonchev–Trinajstić information content (AvgIpc) is 2.39. The summed E-state index contributed by atoms with van der Waals surface area (Å²) in [5.74, 6) is 0.487. The van der Waals surface area contributed by atoms with Crippen LogP contribution in [0.2, 0.25) is 0 Å². The molecule has 3 rings (SSSR count). The fourth-order valence-electron chi connectivity index (χ4n) is 1.90. The van der Waals surface area contributed by atoms with Crippen LogP contribution in [0.4, 0.5) is 5.82 Å². The number of hydrogen-bond donors (Lipinski definition) is 1. The van der Waals surface area contributed by atoms with Crippen LogP contribution >= 0.6 is 0 Å². The van der Waals surface area contributed by atoms with E-state index in [1.54, 1.807) is 6.07 Å². The van der Waals surface area contributed by atoms with E-state index in [-0.39, 0.29) is 0 Å². The molecule has 0 aliphatic carbocycles. The van der Waals surface area contributed by atoms with Crippen molar-refractivity contribution in [2.45, 2.75) is 6.42 Å². The van der Waals surface area contributed by atoms with Crippen LogP contribution in [0.15, 0.2) is 48.8 Å². The third-order valence-corrected chi connectivity index (χ3v) is 2.76. The molecule has 0 radical (unpaired) electrons. The number of anilines is 1. The van der Waals surface area contributed by atoms with Crippen LogP contribution in [-0.4, -0.2) is 15.0 Å². The summed E-state index contributed by atoms with van der Waals surface area (Å²) in [6.07, 6.45) is 2.14. The predicted octanol–water partition coefficient (Wildman–Crippen LogP) is 2.20. The van der Waals surface area contributed by atoms with E-state index < -0.39 is 0 Å². The van der Waals surface area contributed by atoms with Gasteiger partial charge in [-0.3, -0.25) is 4.98 Å². The summed E-state index contributed by atoms with van der Waals surface area (Å²) < 4.78 is 0. The van der Waals surface area contributed by atoms with Crippen LogP contribution in [0.5, 0.6) is 0 Å². The number of nitrogens with zero attached hydrogens (tertiary/aromatic N) is 3. The molecular weight excluding hydrogens is 224 g/mol. The molecule has 2 N–H and O–H groups in total. The number of nitrogen functional groups attached to an aromatic ring is 1. The Bertz CT molecular complexity index is 694. The number of hydrogen-bond acceptors (Lipinski definition) is 4. The van der Waals surface area contributed by atoms with Gasteiger partial charge in [-0.15, -0.1) is 0 Å². The minimum absolute atomic E-state index is 0.487. The smallest absolute Gasteiger partial charge is 0.127 e. The van der Waals surface area contributed by atoms with Crippen molar-refractivity contribution in [1.29, 1.82) is 0 Å². The first-order valence-corrected chi connectivity index (χ1v) is 5.72. The van der Waals surface area contributed by atoms with Gasteiger partial charge in [-0.1, -0.05) is 24.3 Å². The molecule has 2 heterocycles. The van der Waals surface area contributed by atoms with E-state index in [2.05, 4.69) is 27.1 Å². The molecule has 0 unspecified atom stereocenters. The highest BCUT2D eigenvalue weighted by Crippen LogP contribution is 2.14. The third-order valence-electron chi connectivity index (χ3n) is 2.76. The summed E-state index contributed by atoms with van der Waals surface area (Å²) in [5.41, 5.74) is 8.49. The SMILES string of the molecule is Nc1cc(Cc2ccc3ccccc3n2)ncn1. The number of para-hydroxylation sites is 1. The predicted molar refractivity (Wildman–Crippen MR) is 71.0 cm³/mol. The van der Waals surface area contributed by atoms with E-state index >= 15 is 0 Å². The molecule has 0 amide bonds. The number of nitrogens with two attached hydrogens (primary N) is 1. The molecule has 0 aliphatic rings. The monoisotopic (exact) mass is 236 g/mol. The first-order valence-electron chi connectivity index (χ1n) is 5.72. The van der Waals surface area contributed by atoms with Gasteiger partial charge in [-0.25, -0.2) is 9.97 Å². The van der Waals surface area contributed by atoms with Crippen LogP contribution in [0.25, 0.3) is 10.9 Å². The lowest BCUT2D eigenvalue weighted by Gasteiger charge is -2.03. The zero-order valence-electron chi connectivity index (χ0n) is 9.74. The number of rotatable bonds is 2. The molecule has 2 aromatic heterocycles. The standard InChI is InChI=1S/C14H12N4/c15-14-8-12(16-9-17-14)7-11-6-5-10-3-1-2-4-13(10)18-11/h1-6,8-9H,7H2,(H2,15,16,17). The maximum absolute atomic E-state index is 5.63. The highest BCUT2D eigenvalue weighted by atomic mass is 14.9. The van der Waals surface area contributed by atoms with Crippen LogP contribution in [0, 0.1) is 0 Å². The van der Waals surface area contributed by atoms with Gasteiger partial charge >= 0.3 is 0 Å². The van der Waals surface area contributed by atoms with Gasteiger partial charge in [0, 0.05) is 23.6 Å². The normalized spacial score (nSPS) is 10.7. The first-order chi connectivity index (χ1) is 8.81. The van der Waals surface area contributed by atoms with Crippen molar-refractivity contribution in [3.05, 3.63) is 60.2 Å². The van der Waals surface area contributed by atoms with E-state index in [1.165, 1.54) is 6.33 Å². The van der Waals surface area contributed by atoms with Crippen molar-refractivity contribution in [3.63, 3.8) is 0 Å². The minimum Gasteiger partial charge on any atom is -0.384 e. The molecule has 18 heavy (non-hydrogen) atoms. The molecule has 0 saturated heterocycles. The fraction of sp³-hybridized carbons (Fsp3) is 0.0714. The second-order valence-electron chi connectivity index (χ2n) is 4.11. The Balaban J connectivity index is 1.95. The molecule has 0 fully saturated rings. The van der Waals surface area contributed by atoms with E-state index in [0.717, 1.165) is 22.3 Å². The lowest BCUT2D eigenvalue weighted by atomic mass is 10.1. The molecule has 0 spiro atoms. The van der Waals surface area contributed by atoms with Crippen LogP contribution in [0.3, 0.4) is 0 Å². The zero-order valence-corrected chi connectivity index (χ0v) is 9.74. The molecule has 4 nitrogen and oxygen atoms in total. The summed E-state index contributed by atoms with van der Waals surface area (Å²) in [6.45, 7) is 0. The third kappa shape index (κ3) is 2.13. The lowest BCUT2D eigenvalue weighted by Crippen LogP contribution is -1.98.